The smallest absolute Gasteiger partial charge is 0.182 e. The van der Waals surface area contributed by atoms with Gasteiger partial charge in [0.2, 0.25) is 0 Å². The van der Waals surface area contributed by atoms with Crippen molar-refractivity contribution in [3.63, 3.8) is 0 Å². The summed E-state index contributed by atoms with van der Waals surface area (Å²) >= 11 is 0. The highest BCUT2D eigenvalue weighted by Crippen LogP contribution is 2.30. The van der Waals surface area contributed by atoms with E-state index in [-0.39, 0.29) is 5.56 Å². The van der Waals surface area contributed by atoms with E-state index in [4.69, 9.17) is 9.47 Å². The lowest BCUT2D eigenvalue weighted by molar-refractivity contribution is -0.0442. The van der Waals surface area contributed by atoms with Crippen LogP contribution < -0.4 is 9.47 Å². The van der Waals surface area contributed by atoms with Gasteiger partial charge in [0.1, 0.15) is 17.2 Å². The number of benzene rings is 2. The fourth-order valence-electron chi connectivity index (χ4n) is 1.70. The topological polar surface area (TPSA) is 58.9 Å². The molecule has 100 valence electrons. The van der Waals surface area contributed by atoms with Crippen LogP contribution in [0.15, 0.2) is 48.5 Å². The quantitative estimate of drug-likeness (QED) is 0.812. The summed E-state index contributed by atoms with van der Waals surface area (Å²) in [6.07, 6.45) is -1.60. The van der Waals surface area contributed by atoms with Gasteiger partial charge in [-0.3, -0.25) is 0 Å². The average Bonchev–Trinajstić information content (AvgIpc) is 2.42. The summed E-state index contributed by atoms with van der Waals surface area (Å²) < 4.78 is 11.0. The highest BCUT2D eigenvalue weighted by molar-refractivity contribution is 5.42. The second-order valence-corrected chi connectivity index (χ2v) is 3.92. The zero-order valence-corrected chi connectivity index (χ0v) is 10.6. The molecule has 0 spiro atoms. The van der Waals surface area contributed by atoms with Crippen molar-refractivity contribution in [2.75, 3.05) is 6.61 Å². The van der Waals surface area contributed by atoms with Crippen LogP contribution in [0.2, 0.25) is 0 Å². The Morgan fingerprint density at radius 3 is 2.37 bits per heavy atom. The van der Waals surface area contributed by atoms with Crippen LogP contribution in [-0.4, -0.2) is 16.8 Å². The van der Waals surface area contributed by atoms with Gasteiger partial charge in [-0.05, 0) is 37.3 Å². The molecule has 0 atom stereocenters. The molecule has 0 heterocycles. The Labute approximate surface area is 111 Å². The Hall–Kier alpha value is -2.04. The minimum absolute atomic E-state index is 0.287. The van der Waals surface area contributed by atoms with Crippen LogP contribution in [-0.2, 0) is 0 Å². The first-order valence-corrected chi connectivity index (χ1v) is 6.06. The summed E-state index contributed by atoms with van der Waals surface area (Å²) in [6.45, 7) is 2.29. The molecule has 0 fully saturated rings. The van der Waals surface area contributed by atoms with E-state index >= 15 is 0 Å². The summed E-state index contributed by atoms with van der Waals surface area (Å²) in [6, 6.07) is 14.2. The third kappa shape index (κ3) is 3.47. The molecule has 0 unspecified atom stereocenters. The van der Waals surface area contributed by atoms with Gasteiger partial charge >= 0.3 is 0 Å². The Morgan fingerprint density at radius 1 is 1.00 bits per heavy atom. The molecule has 0 aliphatic rings. The van der Waals surface area contributed by atoms with Crippen LogP contribution in [0.1, 0.15) is 18.8 Å². The van der Waals surface area contributed by atoms with Gasteiger partial charge in [0.05, 0.1) is 12.2 Å². The fourth-order valence-corrected chi connectivity index (χ4v) is 1.70. The SMILES string of the molecule is CCOc1ccc(Oc2ccccc2)cc1C(O)O. The maximum atomic E-state index is 9.34. The maximum absolute atomic E-state index is 9.34. The standard InChI is InChI=1S/C15H16O4/c1-2-18-14-9-8-12(10-13(14)15(16)17)19-11-6-4-3-5-7-11/h3-10,15-17H,2H2,1H3. The summed E-state index contributed by atoms with van der Waals surface area (Å²) in [7, 11) is 0. The first-order chi connectivity index (χ1) is 9.20. The van der Waals surface area contributed by atoms with E-state index in [9.17, 15) is 10.2 Å². The number of hydrogen-bond donors (Lipinski definition) is 2. The lowest BCUT2D eigenvalue weighted by Gasteiger charge is -2.13. The number of hydrogen-bond acceptors (Lipinski definition) is 4. The van der Waals surface area contributed by atoms with E-state index < -0.39 is 6.29 Å². The molecular weight excluding hydrogens is 244 g/mol. The minimum atomic E-state index is -1.60. The van der Waals surface area contributed by atoms with Gasteiger partial charge in [-0.1, -0.05) is 18.2 Å². The second kappa shape index (κ2) is 6.22. The van der Waals surface area contributed by atoms with Gasteiger partial charge in [0, 0.05) is 0 Å². The molecule has 4 heteroatoms. The van der Waals surface area contributed by atoms with Crippen molar-refractivity contribution in [2.24, 2.45) is 0 Å². The molecule has 19 heavy (non-hydrogen) atoms. The largest absolute Gasteiger partial charge is 0.493 e. The first kappa shape index (κ1) is 13.4. The molecule has 2 N–H and O–H groups in total. The minimum Gasteiger partial charge on any atom is -0.493 e. The number of rotatable bonds is 5. The first-order valence-electron chi connectivity index (χ1n) is 6.06. The Morgan fingerprint density at radius 2 is 1.74 bits per heavy atom. The van der Waals surface area contributed by atoms with Gasteiger partial charge in [-0.25, -0.2) is 0 Å². The molecule has 0 radical (unpaired) electrons. The lowest BCUT2D eigenvalue weighted by Crippen LogP contribution is -2.02. The number of aliphatic hydroxyl groups is 2. The van der Waals surface area contributed by atoms with Gasteiger partial charge < -0.3 is 19.7 Å². The van der Waals surface area contributed by atoms with Crippen molar-refractivity contribution in [3.05, 3.63) is 54.1 Å². The van der Waals surface area contributed by atoms with E-state index in [0.717, 1.165) is 0 Å². The van der Waals surface area contributed by atoms with Crippen molar-refractivity contribution in [1.82, 2.24) is 0 Å². The molecular formula is C15H16O4. The normalized spacial score (nSPS) is 10.5. The molecule has 0 aliphatic carbocycles. The van der Waals surface area contributed by atoms with E-state index in [2.05, 4.69) is 0 Å². The Bertz CT molecular complexity index is 523. The number of aliphatic hydroxyl groups excluding tert-OH is 1. The maximum Gasteiger partial charge on any atom is 0.182 e. The fraction of sp³-hybridized carbons (Fsp3) is 0.200. The molecule has 2 aromatic carbocycles. The molecule has 4 nitrogen and oxygen atoms in total. The molecule has 0 aliphatic heterocycles. The zero-order valence-electron chi connectivity index (χ0n) is 10.6. The second-order valence-electron chi connectivity index (χ2n) is 3.92. The van der Waals surface area contributed by atoms with Crippen molar-refractivity contribution >= 4 is 0 Å². The van der Waals surface area contributed by atoms with E-state index in [0.29, 0.717) is 23.9 Å². The highest BCUT2D eigenvalue weighted by Gasteiger charge is 2.12. The molecule has 2 aromatic rings. The molecule has 0 aromatic heterocycles. The van der Waals surface area contributed by atoms with Crippen LogP contribution in [0, 0.1) is 0 Å². The third-order valence-corrected chi connectivity index (χ3v) is 2.54. The average molecular weight is 260 g/mol. The van der Waals surface area contributed by atoms with E-state index in [1.165, 1.54) is 0 Å². The Balaban J connectivity index is 2.25. The van der Waals surface area contributed by atoms with Crippen LogP contribution in [0.25, 0.3) is 0 Å². The lowest BCUT2D eigenvalue weighted by atomic mass is 10.2. The van der Waals surface area contributed by atoms with E-state index in [1.54, 1.807) is 18.2 Å². The zero-order chi connectivity index (χ0) is 13.7. The van der Waals surface area contributed by atoms with Crippen molar-refractivity contribution < 1.29 is 19.7 Å². The molecule has 0 saturated heterocycles. The molecule has 0 bridgehead atoms. The van der Waals surface area contributed by atoms with Crippen molar-refractivity contribution in [1.29, 1.82) is 0 Å². The van der Waals surface area contributed by atoms with Gasteiger partial charge in [0.15, 0.2) is 6.29 Å². The predicted molar refractivity (Wildman–Crippen MR) is 71.3 cm³/mol. The molecule has 0 saturated carbocycles. The summed E-state index contributed by atoms with van der Waals surface area (Å²) in [5, 5.41) is 18.7. The van der Waals surface area contributed by atoms with Gasteiger partial charge in [-0.2, -0.15) is 0 Å². The molecule has 0 amide bonds. The van der Waals surface area contributed by atoms with Crippen LogP contribution >= 0.6 is 0 Å². The van der Waals surface area contributed by atoms with Gasteiger partial charge in [-0.15, -0.1) is 0 Å². The summed E-state index contributed by atoms with van der Waals surface area (Å²) in [5.41, 5.74) is 0.287. The van der Waals surface area contributed by atoms with Crippen molar-refractivity contribution in [3.8, 4) is 17.2 Å². The summed E-state index contributed by atoms with van der Waals surface area (Å²) in [4.78, 5) is 0. The van der Waals surface area contributed by atoms with Crippen LogP contribution in [0.4, 0.5) is 0 Å². The van der Waals surface area contributed by atoms with Crippen LogP contribution in [0.3, 0.4) is 0 Å². The predicted octanol–water partition coefficient (Wildman–Crippen LogP) is 2.86. The summed E-state index contributed by atoms with van der Waals surface area (Å²) in [5.74, 6) is 1.65. The molecule has 2 rings (SSSR count). The Kier molecular flexibility index (Phi) is 4.39. The monoisotopic (exact) mass is 260 g/mol. The highest BCUT2D eigenvalue weighted by atomic mass is 16.5. The third-order valence-electron chi connectivity index (χ3n) is 2.54. The van der Waals surface area contributed by atoms with Crippen LogP contribution in [0.5, 0.6) is 17.2 Å². The van der Waals surface area contributed by atoms with Gasteiger partial charge in [0.25, 0.3) is 0 Å². The number of ether oxygens (including phenoxy) is 2. The van der Waals surface area contributed by atoms with E-state index in [1.807, 2.05) is 37.3 Å². The number of para-hydroxylation sites is 1. The van der Waals surface area contributed by atoms with Crippen molar-refractivity contribution in [2.45, 2.75) is 13.2 Å².